The van der Waals surface area contributed by atoms with E-state index in [1.165, 1.54) is 16.8 Å². The Labute approximate surface area is 102 Å². The highest BCUT2D eigenvalue weighted by Gasteiger charge is 2.22. The molecule has 0 aliphatic carbocycles. The number of hydrogen-bond acceptors (Lipinski definition) is 4. The maximum atomic E-state index is 12.0. The third-order valence-electron chi connectivity index (χ3n) is 2.79. The lowest BCUT2D eigenvalue weighted by Gasteiger charge is -2.20. The van der Waals surface area contributed by atoms with Crippen molar-refractivity contribution in [1.82, 2.24) is 14.3 Å². The fourth-order valence-electron chi connectivity index (χ4n) is 1.34. The molecule has 0 aromatic carbocycles. The van der Waals surface area contributed by atoms with Crippen molar-refractivity contribution in [3.05, 3.63) is 12.5 Å². The van der Waals surface area contributed by atoms with Crippen LogP contribution < -0.4 is 5.73 Å². The zero-order valence-corrected chi connectivity index (χ0v) is 11.2. The van der Waals surface area contributed by atoms with E-state index < -0.39 is 10.0 Å². The molecule has 1 atom stereocenters. The van der Waals surface area contributed by atoms with Crippen molar-refractivity contribution < 1.29 is 8.42 Å². The first kappa shape index (κ1) is 14.1. The van der Waals surface area contributed by atoms with Crippen molar-refractivity contribution in [2.75, 3.05) is 13.6 Å². The molecule has 0 aliphatic heterocycles. The molecule has 1 unspecified atom stereocenters. The monoisotopic (exact) mass is 260 g/mol. The molecule has 1 aromatic rings. The average Bonchev–Trinajstić information content (AvgIpc) is 2.78. The van der Waals surface area contributed by atoms with Gasteiger partial charge in [-0.2, -0.15) is 4.31 Å². The third kappa shape index (κ3) is 3.52. The van der Waals surface area contributed by atoms with Gasteiger partial charge in [-0.3, -0.25) is 0 Å². The average molecular weight is 260 g/mol. The summed E-state index contributed by atoms with van der Waals surface area (Å²) in [7, 11) is -1.91. The summed E-state index contributed by atoms with van der Waals surface area (Å²) in [5, 5.41) is 0.109. The van der Waals surface area contributed by atoms with Crippen LogP contribution in [0, 0.1) is 5.92 Å². The zero-order chi connectivity index (χ0) is 13.1. The Morgan fingerprint density at radius 2 is 2.18 bits per heavy atom. The fourth-order valence-corrected chi connectivity index (χ4v) is 2.41. The Balaban J connectivity index is 2.62. The van der Waals surface area contributed by atoms with Crippen LogP contribution >= 0.6 is 0 Å². The number of hydrogen-bond donors (Lipinski definition) is 2. The Hall–Kier alpha value is -0.920. The van der Waals surface area contributed by atoms with Crippen LogP contribution in [0.3, 0.4) is 0 Å². The van der Waals surface area contributed by atoms with E-state index in [-0.39, 0.29) is 11.1 Å². The normalized spacial score (nSPS) is 14.5. The number of sulfonamides is 1. The topological polar surface area (TPSA) is 92.1 Å². The van der Waals surface area contributed by atoms with Gasteiger partial charge in [0.25, 0.3) is 10.0 Å². The van der Waals surface area contributed by atoms with E-state index in [0.29, 0.717) is 18.9 Å². The summed E-state index contributed by atoms with van der Waals surface area (Å²) >= 11 is 0. The first-order chi connectivity index (χ1) is 7.85. The largest absolute Gasteiger partial charge is 0.335 e. The van der Waals surface area contributed by atoms with Gasteiger partial charge in [0.05, 0.1) is 12.5 Å². The van der Waals surface area contributed by atoms with E-state index in [0.717, 1.165) is 0 Å². The van der Waals surface area contributed by atoms with Crippen molar-refractivity contribution in [3.63, 3.8) is 0 Å². The van der Waals surface area contributed by atoms with Crippen LogP contribution in [-0.2, 0) is 10.0 Å². The summed E-state index contributed by atoms with van der Waals surface area (Å²) in [4.78, 5) is 6.30. The number of nitrogens with one attached hydrogen (secondary N) is 1. The Bertz CT molecular complexity index is 427. The maximum absolute atomic E-state index is 12.0. The van der Waals surface area contributed by atoms with Crippen molar-refractivity contribution in [2.45, 2.75) is 31.3 Å². The van der Waals surface area contributed by atoms with Gasteiger partial charge in [0, 0.05) is 19.6 Å². The minimum Gasteiger partial charge on any atom is -0.335 e. The summed E-state index contributed by atoms with van der Waals surface area (Å²) in [5.74, 6) is 0.346. The van der Waals surface area contributed by atoms with Crippen molar-refractivity contribution in [3.8, 4) is 0 Å². The van der Waals surface area contributed by atoms with Crippen molar-refractivity contribution >= 4 is 10.0 Å². The summed E-state index contributed by atoms with van der Waals surface area (Å²) in [6.45, 7) is 4.45. The third-order valence-corrected chi connectivity index (χ3v) is 4.58. The molecular weight excluding hydrogens is 240 g/mol. The molecule has 6 nitrogen and oxygen atoms in total. The van der Waals surface area contributed by atoms with E-state index in [9.17, 15) is 8.42 Å². The van der Waals surface area contributed by atoms with Crippen LogP contribution in [0.15, 0.2) is 17.6 Å². The highest BCUT2D eigenvalue weighted by atomic mass is 32.2. The number of H-pyrrole nitrogens is 1. The van der Waals surface area contributed by atoms with Gasteiger partial charge in [-0.15, -0.1) is 0 Å². The Morgan fingerprint density at radius 1 is 1.53 bits per heavy atom. The standard InChI is InChI=1S/C10H20N4O2S/c1-8(2)9(11)4-5-14(3)17(15,16)10-6-12-7-13-10/h6-9H,4-5,11H2,1-3H3,(H,12,13). The molecule has 0 bridgehead atoms. The van der Waals surface area contributed by atoms with Gasteiger partial charge in [-0.1, -0.05) is 13.8 Å². The molecule has 1 aromatic heterocycles. The molecule has 0 saturated carbocycles. The zero-order valence-electron chi connectivity index (χ0n) is 10.4. The SMILES string of the molecule is CC(C)C(N)CCN(C)S(=O)(=O)c1cnc[nH]1. The van der Waals surface area contributed by atoms with Gasteiger partial charge in [0.15, 0.2) is 5.03 Å². The molecule has 98 valence electrons. The van der Waals surface area contributed by atoms with Crippen LogP contribution in [0.1, 0.15) is 20.3 Å². The van der Waals surface area contributed by atoms with Gasteiger partial charge >= 0.3 is 0 Å². The predicted octanol–water partition coefficient (Wildman–Crippen LogP) is 0.404. The first-order valence-corrected chi connectivity index (χ1v) is 7.00. The van der Waals surface area contributed by atoms with Gasteiger partial charge in [0.1, 0.15) is 0 Å². The molecule has 1 heterocycles. The minimum atomic E-state index is -3.46. The Morgan fingerprint density at radius 3 is 2.65 bits per heavy atom. The smallest absolute Gasteiger partial charge is 0.259 e. The lowest BCUT2D eigenvalue weighted by Crippen LogP contribution is -2.34. The predicted molar refractivity (Wildman–Crippen MR) is 65.8 cm³/mol. The van der Waals surface area contributed by atoms with Crippen LogP contribution in [0.2, 0.25) is 0 Å². The molecule has 3 N–H and O–H groups in total. The van der Waals surface area contributed by atoms with E-state index >= 15 is 0 Å². The summed E-state index contributed by atoms with van der Waals surface area (Å²) in [5.41, 5.74) is 5.89. The molecule has 17 heavy (non-hydrogen) atoms. The lowest BCUT2D eigenvalue weighted by molar-refractivity contribution is 0.397. The summed E-state index contributed by atoms with van der Waals surface area (Å²) in [6.07, 6.45) is 3.29. The van der Waals surface area contributed by atoms with E-state index in [1.807, 2.05) is 13.8 Å². The van der Waals surface area contributed by atoms with Gasteiger partial charge in [0.2, 0.25) is 0 Å². The number of rotatable bonds is 6. The second-order valence-corrected chi connectivity index (χ2v) is 6.45. The quantitative estimate of drug-likeness (QED) is 0.774. The van der Waals surface area contributed by atoms with Gasteiger partial charge in [-0.25, -0.2) is 13.4 Å². The molecule has 7 heteroatoms. The van der Waals surface area contributed by atoms with Gasteiger partial charge < -0.3 is 10.7 Å². The number of nitrogens with two attached hydrogens (primary N) is 1. The van der Waals surface area contributed by atoms with Crippen LogP contribution in [0.4, 0.5) is 0 Å². The minimum absolute atomic E-state index is 0.00872. The molecule has 1 rings (SSSR count). The van der Waals surface area contributed by atoms with Crippen LogP contribution in [0.5, 0.6) is 0 Å². The van der Waals surface area contributed by atoms with Crippen molar-refractivity contribution in [1.29, 1.82) is 0 Å². The second-order valence-electron chi connectivity index (χ2n) is 4.44. The molecule has 0 saturated heterocycles. The lowest BCUT2D eigenvalue weighted by atomic mass is 10.0. The van der Waals surface area contributed by atoms with E-state index in [4.69, 9.17) is 5.73 Å². The fraction of sp³-hybridized carbons (Fsp3) is 0.700. The molecule has 0 radical (unpaired) electrons. The molecule has 0 amide bonds. The highest BCUT2D eigenvalue weighted by Crippen LogP contribution is 2.12. The maximum Gasteiger partial charge on any atom is 0.259 e. The molecule has 0 fully saturated rings. The summed E-state index contributed by atoms with van der Waals surface area (Å²) < 4.78 is 25.3. The summed E-state index contributed by atoms with van der Waals surface area (Å²) in [6, 6.07) is 0.00872. The first-order valence-electron chi connectivity index (χ1n) is 5.56. The van der Waals surface area contributed by atoms with Gasteiger partial charge in [-0.05, 0) is 12.3 Å². The highest BCUT2D eigenvalue weighted by molar-refractivity contribution is 7.89. The molecule has 0 aliphatic rings. The van der Waals surface area contributed by atoms with E-state index in [2.05, 4.69) is 9.97 Å². The van der Waals surface area contributed by atoms with E-state index in [1.54, 1.807) is 7.05 Å². The van der Waals surface area contributed by atoms with Crippen molar-refractivity contribution in [2.24, 2.45) is 11.7 Å². The molecule has 0 spiro atoms. The number of aromatic nitrogens is 2. The molecular formula is C10H20N4O2S. The number of nitrogens with zero attached hydrogens (tertiary/aromatic N) is 2. The van der Waals surface area contributed by atoms with Crippen LogP contribution in [0.25, 0.3) is 0 Å². The van der Waals surface area contributed by atoms with Crippen LogP contribution in [-0.4, -0.2) is 42.3 Å². The number of imidazole rings is 1. The second kappa shape index (κ2) is 5.61. The Kier molecular flexibility index (Phi) is 4.67. The number of aromatic amines is 1.